The van der Waals surface area contributed by atoms with Gasteiger partial charge in [0.1, 0.15) is 10.9 Å². The lowest BCUT2D eigenvalue weighted by Crippen LogP contribution is -1.87. The number of hydrogen-bond acceptors (Lipinski definition) is 3. The zero-order chi connectivity index (χ0) is 10.8. The van der Waals surface area contributed by atoms with Crippen molar-refractivity contribution in [2.45, 2.75) is 0 Å². The summed E-state index contributed by atoms with van der Waals surface area (Å²) in [7, 11) is 0. The molecule has 0 radical (unpaired) electrons. The molecule has 1 heterocycles. The summed E-state index contributed by atoms with van der Waals surface area (Å²) in [4.78, 5) is 0.574. The minimum atomic E-state index is 0.570. The van der Waals surface area contributed by atoms with E-state index in [4.69, 9.17) is 11.0 Å². The van der Waals surface area contributed by atoms with E-state index >= 15 is 0 Å². The van der Waals surface area contributed by atoms with E-state index in [0.717, 1.165) is 15.6 Å². The number of nitrogen functional groups attached to an aromatic ring is 1. The topological polar surface area (TPSA) is 49.8 Å². The predicted molar refractivity (Wildman–Crippen MR) is 66.6 cm³/mol. The Hall–Kier alpha value is -1.31. The zero-order valence-electron chi connectivity index (χ0n) is 7.70. The molecular formula is C11H7BrN2S. The zero-order valence-corrected chi connectivity index (χ0v) is 10.1. The Morgan fingerprint density at radius 3 is 2.80 bits per heavy atom. The molecule has 0 aliphatic rings. The maximum Gasteiger partial charge on any atom is 0.128 e. The van der Waals surface area contributed by atoms with Gasteiger partial charge >= 0.3 is 0 Å². The molecule has 2 rings (SSSR count). The molecule has 0 saturated carbocycles. The van der Waals surface area contributed by atoms with Gasteiger partial charge in [-0.3, -0.25) is 0 Å². The van der Waals surface area contributed by atoms with Crippen molar-refractivity contribution in [3.05, 3.63) is 39.0 Å². The van der Waals surface area contributed by atoms with E-state index in [-0.39, 0.29) is 0 Å². The second kappa shape index (κ2) is 4.05. The Morgan fingerprint density at radius 1 is 1.40 bits per heavy atom. The quantitative estimate of drug-likeness (QED) is 0.866. The van der Waals surface area contributed by atoms with Crippen LogP contribution in [0.1, 0.15) is 4.88 Å². The van der Waals surface area contributed by atoms with Crippen LogP contribution in [0, 0.1) is 11.3 Å². The first-order chi connectivity index (χ1) is 7.22. The Kier molecular flexibility index (Phi) is 2.76. The summed E-state index contributed by atoms with van der Waals surface area (Å²) in [5, 5.41) is 10.7. The van der Waals surface area contributed by atoms with Gasteiger partial charge in [0.05, 0.1) is 5.69 Å². The van der Waals surface area contributed by atoms with E-state index < -0.39 is 0 Å². The van der Waals surface area contributed by atoms with Crippen LogP contribution in [-0.2, 0) is 0 Å². The molecule has 1 aromatic carbocycles. The summed E-state index contributed by atoms with van der Waals surface area (Å²) >= 11 is 4.78. The fraction of sp³-hybridized carbons (Fsp3) is 0. The van der Waals surface area contributed by atoms with Crippen molar-refractivity contribution in [1.29, 1.82) is 5.26 Å². The van der Waals surface area contributed by atoms with Crippen molar-refractivity contribution < 1.29 is 0 Å². The number of rotatable bonds is 1. The first-order valence-corrected chi connectivity index (χ1v) is 5.92. The molecule has 2 aromatic rings. The molecule has 0 bridgehead atoms. The molecule has 1 aromatic heterocycles. The summed E-state index contributed by atoms with van der Waals surface area (Å²) < 4.78 is 1.00. The minimum Gasteiger partial charge on any atom is -0.396 e. The van der Waals surface area contributed by atoms with Crippen molar-refractivity contribution >= 4 is 33.0 Å². The van der Waals surface area contributed by atoms with Gasteiger partial charge in [0.2, 0.25) is 0 Å². The molecule has 2 nitrogen and oxygen atoms in total. The molecule has 0 amide bonds. The summed E-state index contributed by atoms with van der Waals surface area (Å²) in [5.41, 5.74) is 8.39. The molecule has 0 spiro atoms. The number of nitrogens with zero attached hydrogens (tertiary/aromatic N) is 1. The van der Waals surface area contributed by atoms with Gasteiger partial charge in [0.25, 0.3) is 0 Å². The standard InChI is InChI=1S/C11H7BrN2S/c12-8-3-1-2-7(4-8)9-6-15-10(5-13)11(9)14/h1-4,6H,14H2. The molecule has 0 fully saturated rings. The lowest BCUT2D eigenvalue weighted by molar-refractivity contribution is 1.52. The van der Waals surface area contributed by atoms with Crippen LogP contribution in [-0.4, -0.2) is 0 Å². The second-order valence-corrected chi connectivity index (χ2v) is 4.81. The maximum atomic E-state index is 8.80. The van der Waals surface area contributed by atoms with E-state index in [1.165, 1.54) is 11.3 Å². The number of hydrogen-bond donors (Lipinski definition) is 1. The third kappa shape index (κ3) is 1.89. The van der Waals surface area contributed by atoms with Gasteiger partial charge < -0.3 is 5.73 Å². The lowest BCUT2D eigenvalue weighted by Gasteiger charge is -2.00. The van der Waals surface area contributed by atoms with Crippen LogP contribution in [0.5, 0.6) is 0 Å². The van der Waals surface area contributed by atoms with Crippen molar-refractivity contribution in [3.63, 3.8) is 0 Å². The normalized spacial score (nSPS) is 9.87. The number of nitriles is 1. The van der Waals surface area contributed by atoms with Crippen molar-refractivity contribution in [2.75, 3.05) is 5.73 Å². The van der Waals surface area contributed by atoms with Gasteiger partial charge in [-0.15, -0.1) is 11.3 Å². The average molecular weight is 279 g/mol. The third-order valence-corrected chi connectivity index (χ3v) is 3.46. The molecule has 4 heteroatoms. The van der Waals surface area contributed by atoms with Gasteiger partial charge in [-0.2, -0.15) is 5.26 Å². The number of halogens is 1. The van der Waals surface area contributed by atoms with Gasteiger partial charge in [-0.1, -0.05) is 28.1 Å². The van der Waals surface area contributed by atoms with Crippen molar-refractivity contribution in [1.82, 2.24) is 0 Å². The van der Waals surface area contributed by atoms with Crippen LogP contribution >= 0.6 is 27.3 Å². The molecule has 0 saturated heterocycles. The largest absolute Gasteiger partial charge is 0.396 e. The summed E-state index contributed by atoms with van der Waals surface area (Å²) in [5.74, 6) is 0. The lowest BCUT2D eigenvalue weighted by atomic mass is 10.1. The van der Waals surface area contributed by atoms with E-state index in [9.17, 15) is 0 Å². The summed E-state index contributed by atoms with van der Waals surface area (Å²) in [6.07, 6.45) is 0. The van der Waals surface area contributed by atoms with E-state index in [1.807, 2.05) is 29.6 Å². The van der Waals surface area contributed by atoms with Gasteiger partial charge in [0, 0.05) is 15.4 Å². The average Bonchev–Trinajstić information content (AvgIpc) is 2.59. The van der Waals surface area contributed by atoms with E-state index in [0.29, 0.717) is 10.6 Å². The van der Waals surface area contributed by atoms with Crippen LogP contribution in [0.3, 0.4) is 0 Å². The molecular weight excluding hydrogens is 272 g/mol. The molecule has 15 heavy (non-hydrogen) atoms. The third-order valence-electron chi connectivity index (χ3n) is 2.07. The van der Waals surface area contributed by atoms with E-state index in [2.05, 4.69) is 22.0 Å². The first-order valence-electron chi connectivity index (χ1n) is 4.25. The van der Waals surface area contributed by atoms with Crippen LogP contribution in [0.25, 0.3) is 11.1 Å². The summed E-state index contributed by atoms with van der Waals surface area (Å²) in [6, 6.07) is 9.95. The van der Waals surface area contributed by atoms with Crippen LogP contribution in [0.2, 0.25) is 0 Å². The molecule has 2 N–H and O–H groups in total. The SMILES string of the molecule is N#Cc1scc(-c2cccc(Br)c2)c1N. The van der Waals surface area contributed by atoms with Crippen molar-refractivity contribution in [3.8, 4) is 17.2 Å². The fourth-order valence-electron chi connectivity index (χ4n) is 1.33. The van der Waals surface area contributed by atoms with Crippen LogP contribution < -0.4 is 5.73 Å². The predicted octanol–water partition coefficient (Wildman–Crippen LogP) is 3.63. The van der Waals surface area contributed by atoms with Gasteiger partial charge in [0.15, 0.2) is 0 Å². The maximum absolute atomic E-state index is 8.80. The fourth-order valence-corrected chi connectivity index (χ4v) is 2.52. The number of nitrogens with two attached hydrogens (primary N) is 1. The number of thiophene rings is 1. The first kappa shape index (κ1) is 10.2. The van der Waals surface area contributed by atoms with Crippen molar-refractivity contribution in [2.24, 2.45) is 0 Å². The van der Waals surface area contributed by atoms with Crippen LogP contribution in [0.15, 0.2) is 34.1 Å². The second-order valence-electron chi connectivity index (χ2n) is 3.01. The Balaban J connectivity index is 2.56. The molecule has 0 atom stereocenters. The Morgan fingerprint density at radius 2 is 2.20 bits per heavy atom. The smallest absolute Gasteiger partial charge is 0.128 e. The highest BCUT2D eigenvalue weighted by Crippen LogP contribution is 2.34. The number of benzene rings is 1. The molecule has 0 aliphatic heterocycles. The monoisotopic (exact) mass is 278 g/mol. The van der Waals surface area contributed by atoms with Gasteiger partial charge in [-0.05, 0) is 17.7 Å². The Labute approximate surface area is 100 Å². The number of anilines is 1. The van der Waals surface area contributed by atoms with E-state index in [1.54, 1.807) is 0 Å². The van der Waals surface area contributed by atoms with Gasteiger partial charge in [-0.25, -0.2) is 0 Å². The highest BCUT2D eigenvalue weighted by molar-refractivity contribution is 9.10. The minimum absolute atomic E-state index is 0.570. The van der Waals surface area contributed by atoms with Crippen LogP contribution in [0.4, 0.5) is 5.69 Å². The molecule has 0 unspecified atom stereocenters. The highest BCUT2D eigenvalue weighted by Gasteiger charge is 2.09. The summed E-state index contributed by atoms with van der Waals surface area (Å²) in [6.45, 7) is 0. The highest BCUT2D eigenvalue weighted by atomic mass is 79.9. The molecule has 0 aliphatic carbocycles. The Bertz CT molecular complexity index is 540. The molecule has 74 valence electrons.